The van der Waals surface area contributed by atoms with Crippen LogP contribution in [0.5, 0.6) is 0 Å². The van der Waals surface area contributed by atoms with Gasteiger partial charge in [0.1, 0.15) is 12.1 Å². The first-order valence-electron chi connectivity index (χ1n) is 8.33. The number of rotatable bonds is 4. The van der Waals surface area contributed by atoms with Crippen LogP contribution in [-0.2, 0) is 16.1 Å². The van der Waals surface area contributed by atoms with E-state index in [1.165, 1.54) is 0 Å². The fraction of sp³-hybridized carbons (Fsp3) is 0.588. The summed E-state index contributed by atoms with van der Waals surface area (Å²) >= 11 is 1.58. The van der Waals surface area contributed by atoms with Crippen molar-refractivity contribution in [3.05, 3.63) is 22.4 Å². The molecule has 6 nitrogen and oxygen atoms in total. The summed E-state index contributed by atoms with van der Waals surface area (Å²) in [6.45, 7) is 2.29. The molecule has 0 bridgehead atoms. The van der Waals surface area contributed by atoms with Crippen molar-refractivity contribution in [2.45, 2.75) is 44.7 Å². The molecule has 2 heterocycles. The van der Waals surface area contributed by atoms with Crippen LogP contribution in [0.2, 0.25) is 0 Å². The van der Waals surface area contributed by atoms with Gasteiger partial charge in [0.05, 0.1) is 0 Å². The van der Waals surface area contributed by atoms with Crippen LogP contribution in [0, 0.1) is 5.92 Å². The van der Waals surface area contributed by atoms with Gasteiger partial charge in [0.25, 0.3) is 5.91 Å². The van der Waals surface area contributed by atoms with E-state index in [-0.39, 0.29) is 24.3 Å². The summed E-state index contributed by atoms with van der Waals surface area (Å²) < 4.78 is 0. The summed E-state index contributed by atoms with van der Waals surface area (Å²) in [5.74, 6) is -0.367. The normalized spacial score (nSPS) is 26.8. The molecular weight excluding hydrogens is 326 g/mol. The van der Waals surface area contributed by atoms with E-state index in [2.05, 4.69) is 5.32 Å². The minimum Gasteiger partial charge on any atom is -0.340 e. The van der Waals surface area contributed by atoms with E-state index in [4.69, 9.17) is 0 Å². The van der Waals surface area contributed by atoms with Crippen LogP contribution in [0.3, 0.4) is 0 Å². The van der Waals surface area contributed by atoms with Gasteiger partial charge in [0.15, 0.2) is 0 Å². The molecule has 1 aliphatic carbocycles. The summed E-state index contributed by atoms with van der Waals surface area (Å²) in [4.78, 5) is 40.2. The Morgan fingerprint density at radius 2 is 2.25 bits per heavy atom. The molecule has 7 heteroatoms. The molecule has 3 rings (SSSR count). The van der Waals surface area contributed by atoms with Gasteiger partial charge in [-0.1, -0.05) is 19.8 Å². The van der Waals surface area contributed by atoms with Crippen LogP contribution >= 0.6 is 11.3 Å². The molecule has 1 aliphatic heterocycles. The maximum absolute atomic E-state index is 12.9. The molecule has 0 aromatic carbocycles. The molecule has 2 aliphatic rings. The van der Waals surface area contributed by atoms with Crippen molar-refractivity contribution in [1.82, 2.24) is 15.1 Å². The predicted molar refractivity (Wildman–Crippen MR) is 91.4 cm³/mol. The molecule has 0 unspecified atom stereocenters. The Hall–Kier alpha value is -1.89. The number of hydrogen-bond donors (Lipinski definition) is 1. The van der Waals surface area contributed by atoms with Crippen LogP contribution in [0.15, 0.2) is 16.8 Å². The number of amides is 4. The molecular formula is C17H23N3O3S. The van der Waals surface area contributed by atoms with Gasteiger partial charge in [-0.05, 0) is 41.1 Å². The standard InChI is InChI=1S/C17H23N3O3S/c1-12-5-3-4-7-17(12)15(22)20(16(23)18-17)10-14(21)19(2)9-13-6-8-24-11-13/h6,8,11-12H,3-5,7,9-10H2,1-2H3,(H,18,23)/t12-,17+/m1/s1. The number of imide groups is 1. The summed E-state index contributed by atoms with van der Waals surface area (Å²) in [5.41, 5.74) is 0.243. The Balaban J connectivity index is 1.67. The maximum Gasteiger partial charge on any atom is 0.325 e. The molecule has 2 fully saturated rings. The maximum atomic E-state index is 12.9. The fourth-order valence-electron chi connectivity index (χ4n) is 3.64. The van der Waals surface area contributed by atoms with Crippen LogP contribution < -0.4 is 5.32 Å². The number of nitrogens with one attached hydrogen (secondary N) is 1. The third-order valence-electron chi connectivity index (χ3n) is 5.22. The van der Waals surface area contributed by atoms with Crippen molar-refractivity contribution in [2.75, 3.05) is 13.6 Å². The Bertz CT molecular complexity index is 646. The lowest BCUT2D eigenvalue weighted by Crippen LogP contribution is -2.54. The van der Waals surface area contributed by atoms with E-state index in [0.29, 0.717) is 13.0 Å². The Labute approximate surface area is 145 Å². The number of carbonyl (C=O) groups is 3. The van der Waals surface area contributed by atoms with E-state index in [1.807, 2.05) is 23.8 Å². The first-order valence-corrected chi connectivity index (χ1v) is 9.27. The van der Waals surface area contributed by atoms with E-state index in [0.717, 1.165) is 29.7 Å². The van der Waals surface area contributed by atoms with Crippen molar-refractivity contribution in [3.63, 3.8) is 0 Å². The van der Waals surface area contributed by atoms with Crippen molar-refractivity contribution in [2.24, 2.45) is 5.92 Å². The van der Waals surface area contributed by atoms with Gasteiger partial charge in [-0.3, -0.25) is 14.5 Å². The van der Waals surface area contributed by atoms with Gasteiger partial charge in [0.2, 0.25) is 5.91 Å². The van der Waals surface area contributed by atoms with Gasteiger partial charge in [-0.25, -0.2) is 4.79 Å². The first kappa shape index (κ1) is 17.0. The topological polar surface area (TPSA) is 69.7 Å². The van der Waals surface area contributed by atoms with Crippen LogP contribution in [0.4, 0.5) is 4.79 Å². The summed E-state index contributed by atoms with van der Waals surface area (Å²) in [5, 5.41) is 6.82. The molecule has 1 aromatic heterocycles. The average molecular weight is 349 g/mol. The zero-order chi connectivity index (χ0) is 17.3. The highest BCUT2D eigenvalue weighted by atomic mass is 32.1. The molecule has 1 saturated carbocycles. The second-order valence-corrected chi connectivity index (χ2v) is 7.60. The van der Waals surface area contributed by atoms with E-state index < -0.39 is 11.6 Å². The lowest BCUT2D eigenvalue weighted by molar-refractivity contribution is -0.140. The number of hydrogen-bond acceptors (Lipinski definition) is 4. The SMILES string of the molecule is C[C@@H]1CCCC[C@]12NC(=O)N(CC(=O)N(C)Cc1ccsc1)C2=O. The third kappa shape index (κ3) is 2.92. The molecule has 2 atom stereocenters. The molecule has 1 N–H and O–H groups in total. The number of carbonyl (C=O) groups excluding carboxylic acids is 3. The highest BCUT2D eigenvalue weighted by molar-refractivity contribution is 7.07. The molecule has 24 heavy (non-hydrogen) atoms. The van der Waals surface area contributed by atoms with Crippen LogP contribution in [-0.4, -0.2) is 46.8 Å². The van der Waals surface area contributed by atoms with Gasteiger partial charge >= 0.3 is 6.03 Å². The summed E-state index contributed by atoms with van der Waals surface area (Å²) in [6.07, 6.45) is 3.59. The second kappa shape index (κ2) is 6.55. The van der Waals surface area contributed by atoms with Gasteiger partial charge < -0.3 is 10.2 Å². The van der Waals surface area contributed by atoms with Crippen molar-refractivity contribution >= 4 is 29.2 Å². The molecule has 1 aromatic rings. The zero-order valence-corrected chi connectivity index (χ0v) is 14.9. The first-order chi connectivity index (χ1) is 11.4. The number of thiophene rings is 1. The molecule has 1 saturated heterocycles. The fourth-order valence-corrected chi connectivity index (χ4v) is 4.30. The van der Waals surface area contributed by atoms with Gasteiger partial charge in [0, 0.05) is 13.6 Å². The molecule has 4 amide bonds. The summed E-state index contributed by atoms with van der Waals surface area (Å²) in [7, 11) is 1.69. The highest BCUT2D eigenvalue weighted by Crippen LogP contribution is 2.38. The minimum atomic E-state index is -0.804. The predicted octanol–water partition coefficient (Wildman–Crippen LogP) is 2.21. The third-order valence-corrected chi connectivity index (χ3v) is 5.95. The van der Waals surface area contributed by atoms with Gasteiger partial charge in [-0.2, -0.15) is 11.3 Å². The van der Waals surface area contributed by atoms with E-state index in [1.54, 1.807) is 23.3 Å². The van der Waals surface area contributed by atoms with E-state index >= 15 is 0 Å². The van der Waals surface area contributed by atoms with Gasteiger partial charge in [-0.15, -0.1) is 0 Å². The number of nitrogens with zero attached hydrogens (tertiary/aromatic N) is 2. The lowest BCUT2D eigenvalue weighted by Gasteiger charge is -2.36. The van der Waals surface area contributed by atoms with Crippen molar-refractivity contribution in [1.29, 1.82) is 0 Å². The second-order valence-electron chi connectivity index (χ2n) is 6.82. The molecule has 1 spiro atoms. The zero-order valence-electron chi connectivity index (χ0n) is 14.1. The Kier molecular flexibility index (Phi) is 4.62. The Morgan fingerprint density at radius 1 is 1.46 bits per heavy atom. The number of urea groups is 1. The average Bonchev–Trinajstić information content (AvgIpc) is 3.13. The molecule has 0 radical (unpaired) electrons. The lowest BCUT2D eigenvalue weighted by atomic mass is 9.73. The number of likely N-dealkylation sites (N-methyl/N-ethyl adjacent to an activating group) is 1. The summed E-state index contributed by atoms with van der Waals surface area (Å²) in [6, 6.07) is 1.52. The van der Waals surface area contributed by atoms with Crippen LogP contribution in [0.1, 0.15) is 38.2 Å². The monoisotopic (exact) mass is 349 g/mol. The quantitative estimate of drug-likeness (QED) is 0.847. The largest absolute Gasteiger partial charge is 0.340 e. The molecule has 130 valence electrons. The van der Waals surface area contributed by atoms with Crippen molar-refractivity contribution in [3.8, 4) is 0 Å². The highest BCUT2D eigenvalue weighted by Gasteiger charge is 2.55. The minimum absolute atomic E-state index is 0.103. The Morgan fingerprint density at radius 3 is 2.92 bits per heavy atom. The van der Waals surface area contributed by atoms with Crippen LogP contribution in [0.25, 0.3) is 0 Å². The smallest absolute Gasteiger partial charge is 0.325 e. The van der Waals surface area contributed by atoms with E-state index in [9.17, 15) is 14.4 Å². The van der Waals surface area contributed by atoms with Crippen molar-refractivity contribution < 1.29 is 14.4 Å².